The Balaban J connectivity index is 1.69. The fourth-order valence-corrected chi connectivity index (χ4v) is 4.00. The zero-order valence-corrected chi connectivity index (χ0v) is 18.6. The van der Waals surface area contributed by atoms with Crippen molar-refractivity contribution in [2.45, 2.75) is 37.8 Å². The topological polar surface area (TPSA) is 77.1 Å². The van der Waals surface area contributed by atoms with Crippen LogP contribution in [0.1, 0.15) is 31.2 Å². The molecule has 0 atom stereocenters. The molecule has 2 aromatic heterocycles. The lowest BCUT2D eigenvalue weighted by atomic mass is 9.93. The van der Waals surface area contributed by atoms with Crippen molar-refractivity contribution in [1.29, 1.82) is 0 Å². The van der Waals surface area contributed by atoms with Gasteiger partial charge in [0.15, 0.2) is 0 Å². The maximum absolute atomic E-state index is 9.85. The highest BCUT2D eigenvalue weighted by Gasteiger charge is 2.21. The molecule has 164 valence electrons. The van der Waals surface area contributed by atoms with Gasteiger partial charge in [0.25, 0.3) is 0 Å². The summed E-state index contributed by atoms with van der Waals surface area (Å²) in [5.41, 5.74) is 5.54. The average Bonchev–Trinajstić information content (AvgIpc) is 3.33. The van der Waals surface area contributed by atoms with Gasteiger partial charge in [0.2, 0.25) is 0 Å². The van der Waals surface area contributed by atoms with E-state index in [1.165, 1.54) is 0 Å². The Labute approximate surface area is 189 Å². The number of aromatic amines is 1. The molecule has 0 unspecified atom stereocenters. The maximum atomic E-state index is 9.85. The van der Waals surface area contributed by atoms with E-state index in [-0.39, 0.29) is 12.1 Å². The van der Waals surface area contributed by atoms with Crippen molar-refractivity contribution in [1.82, 2.24) is 20.1 Å². The molecule has 3 N–H and O–H groups in total. The van der Waals surface area contributed by atoms with Crippen LogP contribution in [0.15, 0.2) is 55.5 Å². The van der Waals surface area contributed by atoms with Gasteiger partial charge in [-0.15, -0.1) is 0 Å². The first kappa shape index (κ1) is 21.7. The molecule has 32 heavy (non-hydrogen) atoms. The monoisotopic (exact) mass is 427 g/mol. The summed E-state index contributed by atoms with van der Waals surface area (Å²) in [5, 5.41) is 20.4. The van der Waals surface area contributed by atoms with Crippen LogP contribution in [0.3, 0.4) is 0 Å². The Morgan fingerprint density at radius 3 is 2.72 bits per heavy atom. The molecule has 1 fully saturated rings. The van der Waals surface area contributed by atoms with Crippen molar-refractivity contribution in [3.8, 4) is 22.4 Å². The second-order valence-corrected chi connectivity index (χ2v) is 8.40. The first-order valence-electron chi connectivity index (χ1n) is 10.9. The molecule has 1 aliphatic rings. The van der Waals surface area contributed by atoms with Crippen LogP contribution in [0.4, 0.5) is 5.82 Å². The molecule has 0 bridgehead atoms. The zero-order valence-electron chi connectivity index (χ0n) is 18.6. The quantitative estimate of drug-likeness (QED) is 0.483. The van der Waals surface area contributed by atoms with E-state index in [1.807, 2.05) is 49.6 Å². The van der Waals surface area contributed by atoms with Crippen molar-refractivity contribution in [3.63, 3.8) is 0 Å². The Morgan fingerprint density at radius 2 is 2.03 bits per heavy atom. The van der Waals surface area contributed by atoms with Crippen LogP contribution >= 0.6 is 0 Å². The van der Waals surface area contributed by atoms with Gasteiger partial charge in [0.1, 0.15) is 11.5 Å². The van der Waals surface area contributed by atoms with Crippen LogP contribution in [0.2, 0.25) is 0 Å². The van der Waals surface area contributed by atoms with Crippen LogP contribution < -0.4 is 5.32 Å². The third kappa shape index (κ3) is 5.01. The highest BCUT2D eigenvalue weighted by atomic mass is 16.3. The first-order valence-corrected chi connectivity index (χ1v) is 10.9. The molecular weight excluding hydrogens is 398 g/mol. The van der Waals surface area contributed by atoms with E-state index in [9.17, 15) is 5.11 Å². The minimum atomic E-state index is -0.197. The van der Waals surface area contributed by atoms with E-state index >= 15 is 0 Å². The fraction of sp³-hybridized carbons (Fsp3) is 0.308. The summed E-state index contributed by atoms with van der Waals surface area (Å²) in [6.45, 7) is 3.96. The summed E-state index contributed by atoms with van der Waals surface area (Å²) in [5.74, 6) is 0.764. The third-order valence-electron chi connectivity index (χ3n) is 5.68. The second kappa shape index (κ2) is 9.71. The minimum Gasteiger partial charge on any atom is -0.393 e. The van der Waals surface area contributed by atoms with Gasteiger partial charge in [0, 0.05) is 43.7 Å². The van der Waals surface area contributed by atoms with Crippen LogP contribution in [0, 0.1) is 12.1 Å². The molecule has 1 aromatic carbocycles. The highest BCUT2D eigenvalue weighted by molar-refractivity contribution is 5.78. The van der Waals surface area contributed by atoms with Gasteiger partial charge < -0.3 is 15.3 Å². The summed E-state index contributed by atoms with van der Waals surface area (Å²) in [7, 11) is 3.99. The predicted octanol–water partition coefficient (Wildman–Crippen LogP) is 4.54. The standard InChI is InChI=1S/C26H29N5O/c1-4-18(17-31(2)3)19-6-5-7-20(14-19)25-13-12-24(21-15-27-28-16-21)26(30-25)29-22-8-10-23(32)11-9-22/h4-7,14-17,22-23,32H,1,8-11H2,2-3H3,(H,27,28)(H,29,30)/b18-17+. The molecular formula is C26H29N5O. The Morgan fingerprint density at radius 1 is 1.22 bits per heavy atom. The molecule has 3 aromatic rings. The largest absolute Gasteiger partial charge is 0.393 e. The molecule has 2 heterocycles. The maximum Gasteiger partial charge on any atom is 0.144 e. The predicted molar refractivity (Wildman–Crippen MR) is 129 cm³/mol. The van der Waals surface area contributed by atoms with Crippen LogP contribution in [0.25, 0.3) is 28.0 Å². The number of rotatable bonds is 7. The molecule has 6 heteroatoms. The lowest BCUT2D eigenvalue weighted by molar-refractivity contribution is 0.126. The molecule has 6 nitrogen and oxygen atoms in total. The number of nitrogens with one attached hydrogen (secondary N) is 2. The van der Waals surface area contributed by atoms with E-state index in [0.29, 0.717) is 0 Å². The number of anilines is 1. The van der Waals surface area contributed by atoms with Crippen LogP contribution in [-0.2, 0) is 0 Å². The molecule has 1 aliphatic carbocycles. The molecule has 0 amide bonds. The van der Waals surface area contributed by atoms with E-state index in [0.717, 1.165) is 65.0 Å². The van der Waals surface area contributed by atoms with Gasteiger partial charge >= 0.3 is 0 Å². The second-order valence-electron chi connectivity index (χ2n) is 8.40. The molecule has 0 saturated heterocycles. The number of aliphatic hydroxyl groups is 1. The van der Waals surface area contributed by atoms with Crippen molar-refractivity contribution in [2.75, 3.05) is 19.4 Å². The molecule has 0 spiro atoms. The first-order chi connectivity index (χ1) is 15.5. The number of benzene rings is 1. The summed E-state index contributed by atoms with van der Waals surface area (Å²) in [4.78, 5) is 6.95. The van der Waals surface area contributed by atoms with E-state index in [1.54, 1.807) is 6.20 Å². The Kier molecular flexibility index (Phi) is 6.58. The van der Waals surface area contributed by atoms with E-state index in [4.69, 9.17) is 4.98 Å². The van der Waals surface area contributed by atoms with Gasteiger partial charge in [-0.05, 0) is 49.0 Å². The highest BCUT2D eigenvalue weighted by Crippen LogP contribution is 2.30. The number of hydrogen-bond acceptors (Lipinski definition) is 5. The van der Waals surface area contributed by atoms with Gasteiger partial charge in [-0.2, -0.15) is 5.10 Å². The number of allylic oxidation sites excluding steroid dienone is 2. The number of hydrogen-bond donors (Lipinski definition) is 3. The number of H-pyrrole nitrogens is 1. The smallest absolute Gasteiger partial charge is 0.144 e. The molecule has 4 rings (SSSR count). The Hall–Kier alpha value is -3.56. The zero-order chi connectivity index (χ0) is 22.5. The van der Waals surface area contributed by atoms with Crippen molar-refractivity contribution >= 4 is 11.4 Å². The SMILES string of the molecule is C=C/C(=C\N(C)C)c1cccc(-c2c#cc(-c3cn[nH]c3)c(NC3CCC(O)CC3)n2)c1. The minimum absolute atomic E-state index is 0.197. The van der Waals surface area contributed by atoms with Crippen molar-refractivity contribution in [3.05, 3.63) is 73.2 Å². The summed E-state index contributed by atoms with van der Waals surface area (Å²) >= 11 is 0. The van der Waals surface area contributed by atoms with Crippen molar-refractivity contribution < 1.29 is 5.11 Å². The van der Waals surface area contributed by atoms with E-state index < -0.39 is 0 Å². The van der Waals surface area contributed by atoms with Crippen molar-refractivity contribution in [2.24, 2.45) is 0 Å². The number of aliphatic hydroxyl groups excluding tert-OH is 1. The summed E-state index contributed by atoms with van der Waals surface area (Å²) in [6, 6.07) is 15.0. The average molecular weight is 428 g/mol. The summed E-state index contributed by atoms with van der Waals surface area (Å²) < 4.78 is 0. The normalized spacial score (nSPS) is 18.7. The summed E-state index contributed by atoms with van der Waals surface area (Å²) in [6.07, 6.45) is 10.7. The van der Waals surface area contributed by atoms with Crippen LogP contribution in [0.5, 0.6) is 0 Å². The number of aromatic nitrogens is 3. The lowest BCUT2D eigenvalue weighted by Crippen LogP contribution is -2.28. The molecule has 0 radical (unpaired) electrons. The van der Waals surface area contributed by atoms with Gasteiger partial charge in [-0.3, -0.25) is 5.10 Å². The van der Waals surface area contributed by atoms with Crippen LogP contribution in [-0.4, -0.2) is 51.4 Å². The van der Waals surface area contributed by atoms with Gasteiger partial charge in [0.05, 0.1) is 17.9 Å². The molecule has 0 aliphatic heterocycles. The van der Waals surface area contributed by atoms with Gasteiger partial charge in [-0.25, -0.2) is 4.98 Å². The fourth-order valence-electron chi connectivity index (χ4n) is 4.00. The van der Waals surface area contributed by atoms with E-state index in [2.05, 4.69) is 46.4 Å². The third-order valence-corrected chi connectivity index (χ3v) is 5.68. The Bertz CT molecular complexity index is 1080. The lowest BCUT2D eigenvalue weighted by Gasteiger charge is -2.27. The molecule has 1 saturated carbocycles. The number of nitrogens with zero attached hydrogens (tertiary/aromatic N) is 3. The van der Waals surface area contributed by atoms with Gasteiger partial charge in [-0.1, -0.05) is 36.9 Å².